The number of carbonyl (C=O) groups excluding carboxylic acids is 2. The summed E-state index contributed by atoms with van der Waals surface area (Å²) in [6.07, 6.45) is 7.99. The molecule has 0 saturated carbocycles. The van der Waals surface area contributed by atoms with Gasteiger partial charge in [-0.25, -0.2) is 9.59 Å². The number of furan rings is 1. The van der Waals surface area contributed by atoms with Gasteiger partial charge in [-0.15, -0.1) is 0 Å². The molecule has 2 fully saturated rings. The van der Waals surface area contributed by atoms with Gasteiger partial charge >= 0.3 is 11.9 Å². The maximum atomic E-state index is 13.3. The average molecular weight is 491 g/mol. The topological polar surface area (TPSA) is 89.8 Å². The van der Waals surface area contributed by atoms with Crippen molar-refractivity contribution in [3.05, 3.63) is 35.1 Å². The molecule has 190 valence electrons. The van der Waals surface area contributed by atoms with Crippen LogP contribution in [0.3, 0.4) is 0 Å². The number of carbonyl (C=O) groups is 2. The van der Waals surface area contributed by atoms with Gasteiger partial charge in [-0.1, -0.05) is 26.0 Å². The van der Waals surface area contributed by atoms with Crippen molar-refractivity contribution >= 4 is 33.7 Å². The van der Waals surface area contributed by atoms with Gasteiger partial charge in [-0.05, 0) is 87.1 Å². The highest BCUT2D eigenvalue weighted by Gasteiger charge is 2.35. The quantitative estimate of drug-likeness (QED) is 0.400. The van der Waals surface area contributed by atoms with Gasteiger partial charge in [0.05, 0.1) is 11.6 Å². The zero-order chi connectivity index (χ0) is 25.0. The van der Waals surface area contributed by atoms with E-state index in [1.54, 1.807) is 6.26 Å². The fourth-order valence-electron chi connectivity index (χ4n) is 6.29. The molecule has 7 heteroatoms. The third kappa shape index (κ3) is 3.80. The lowest BCUT2D eigenvalue weighted by Crippen LogP contribution is -2.35. The van der Waals surface area contributed by atoms with Crippen LogP contribution in [-0.4, -0.2) is 37.1 Å². The second-order valence-corrected chi connectivity index (χ2v) is 11.2. The number of hydrogen-bond acceptors (Lipinski definition) is 7. The van der Waals surface area contributed by atoms with E-state index in [1.807, 2.05) is 6.92 Å². The molecule has 6 rings (SSSR count). The van der Waals surface area contributed by atoms with Gasteiger partial charge in [0.1, 0.15) is 17.7 Å². The third-order valence-corrected chi connectivity index (χ3v) is 8.25. The summed E-state index contributed by atoms with van der Waals surface area (Å²) in [6.45, 7) is 8.02. The molecular formula is C29H34N2O5. The Hall–Kier alpha value is -2.90. The molecule has 3 aliphatic rings. The molecule has 1 aliphatic carbocycles. The lowest BCUT2D eigenvalue weighted by atomic mass is 9.71. The highest BCUT2D eigenvalue weighted by molar-refractivity contribution is 6.15. The molecule has 7 nitrogen and oxygen atoms in total. The summed E-state index contributed by atoms with van der Waals surface area (Å²) >= 11 is 0. The van der Waals surface area contributed by atoms with Gasteiger partial charge in [0, 0.05) is 10.8 Å². The Morgan fingerprint density at radius 1 is 0.944 bits per heavy atom. The van der Waals surface area contributed by atoms with E-state index in [-0.39, 0.29) is 29.4 Å². The minimum absolute atomic E-state index is 0.00525. The van der Waals surface area contributed by atoms with E-state index in [0.29, 0.717) is 22.5 Å². The van der Waals surface area contributed by atoms with Crippen molar-refractivity contribution in [2.24, 2.45) is 0 Å². The Morgan fingerprint density at radius 3 is 2.19 bits per heavy atom. The zero-order valence-corrected chi connectivity index (χ0v) is 21.3. The number of nitrogens with one attached hydrogen (secondary N) is 2. The van der Waals surface area contributed by atoms with Crippen LogP contribution in [0.1, 0.15) is 69.1 Å². The maximum absolute atomic E-state index is 13.3. The number of rotatable bonds is 4. The molecular weight excluding hydrogens is 456 g/mol. The van der Waals surface area contributed by atoms with Crippen LogP contribution in [0.25, 0.3) is 21.7 Å². The molecule has 36 heavy (non-hydrogen) atoms. The van der Waals surface area contributed by atoms with Gasteiger partial charge in [-0.3, -0.25) is 0 Å². The lowest BCUT2D eigenvalue weighted by molar-refractivity contribution is -0.139. The predicted molar refractivity (Wildman–Crippen MR) is 138 cm³/mol. The molecule has 2 unspecified atom stereocenters. The van der Waals surface area contributed by atoms with Gasteiger partial charge < -0.3 is 24.5 Å². The van der Waals surface area contributed by atoms with E-state index in [9.17, 15) is 9.59 Å². The van der Waals surface area contributed by atoms with E-state index < -0.39 is 0 Å². The van der Waals surface area contributed by atoms with Crippen LogP contribution >= 0.6 is 0 Å². The maximum Gasteiger partial charge on any atom is 0.328 e. The number of fused-ring (bicyclic) bond motifs is 5. The number of aryl methyl sites for hydroxylation is 2. The van der Waals surface area contributed by atoms with E-state index >= 15 is 0 Å². The van der Waals surface area contributed by atoms with E-state index in [2.05, 4.69) is 36.6 Å². The molecule has 2 saturated heterocycles. The van der Waals surface area contributed by atoms with Crippen molar-refractivity contribution in [3.8, 4) is 11.5 Å². The number of ether oxygens (including phenoxy) is 2. The first kappa shape index (κ1) is 23.5. The minimum Gasteiger partial charge on any atom is -0.463 e. The highest BCUT2D eigenvalue weighted by Crippen LogP contribution is 2.50. The van der Waals surface area contributed by atoms with Crippen LogP contribution < -0.4 is 20.1 Å². The molecule has 2 aliphatic heterocycles. The molecule has 3 aromatic rings. The summed E-state index contributed by atoms with van der Waals surface area (Å²) in [4.78, 5) is 26.6. The number of esters is 2. The monoisotopic (exact) mass is 490 g/mol. The van der Waals surface area contributed by atoms with Crippen LogP contribution in [0.2, 0.25) is 0 Å². The van der Waals surface area contributed by atoms with Gasteiger partial charge in [0.25, 0.3) is 0 Å². The SMILES string of the molecule is Cc1coc2c1c(OC(=O)C1CCCN1)c(OC(=O)C1CCCN1)c1c3c(ccc12)C(C)(C)CCC3. The normalized spacial score (nSPS) is 23.2. The van der Waals surface area contributed by atoms with Crippen LogP contribution in [0.15, 0.2) is 22.8 Å². The van der Waals surface area contributed by atoms with Crippen LogP contribution in [0.4, 0.5) is 0 Å². The Labute approximate surface area is 210 Å². The van der Waals surface area contributed by atoms with Crippen molar-refractivity contribution in [1.29, 1.82) is 0 Å². The minimum atomic E-state index is -0.369. The van der Waals surface area contributed by atoms with Crippen LogP contribution in [0, 0.1) is 6.92 Å². The van der Waals surface area contributed by atoms with Crippen LogP contribution in [-0.2, 0) is 21.4 Å². The molecule has 2 N–H and O–H groups in total. The third-order valence-electron chi connectivity index (χ3n) is 8.25. The smallest absolute Gasteiger partial charge is 0.328 e. The first-order valence-electron chi connectivity index (χ1n) is 13.2. The van der Waals surface area contributed by atoms with E-state index in [1.165, 1.54) is 5.56 Å². The van der Waals surface area contributed by atoms with Crippen molar-refractivity contribution in [2.75, 3.05) is 13.1 Å². The number of hydrogen-bond donors (Lipinski definition) is 2. The standard InChI is InChI=1S/C29H34N2O5/c1-16-15-34-24-18-10-11-19-17(7-4-12-29(19,2)3)23(18)26(36-28(33)21-9-6-14-31-21)25(22(16)24)35-27(32)20-8-5-13-30-20/h10-11,15,20-21,30-31H,4-9,12-14H2,1-3H3. The Bertz CT molecular complexity index is 1360. The van der Waals surface area contributed by atoms with Crippen molar-refractivity contribution < 1.29 is 23.5 Å². The summed E-state index contributed by atoms with van der Waals surface area (Å²) in [5.74, 6) is -0.0411. The van der Waals surface area contributed by atoms with Gasteiger partial charge in [0.2, 0.25) is 0 Å². The summed E-state index contributed by atoms with van der Waals surface area (Å²) < 4.78 is 18.4. The number of benzene rings is 2. The lowest BCUT2D eigenvalue weighted by Gasteiger charge is -2.34. The first-order valence-corrected chi connectivity index (χ1v) is 13.2. The molecule has 0 radical (unpaired) electrons. The average Bonchev–Trinajstić information content (AvgIpc) is 3.63. The zero-order valence-electron chi connectivity index (χ0n) is 21.3. The van der Waals surface area contributed by atoms with Crippen molar-refractivity contribution in [1.82, 2.24) is 10.6 Å². The van der Waals surface area contributed by atoms with Crippen LogP contribution in [0.5, 0.6) is 11.5 Å². The Kier molecular flexibility index (Phi) is 5.80. The summed E-state index contributed by atoms with van der Waals surface area (Å²) in [7, 11) is 0. The van der Waals surface area contributed by atoms with E-state index in [4.69, 9.17) is 13.9 Å². The van der Waals surface area contributed by atoms with Crippen molar-refractivity contribution in [2.45, 2.75) is 83.2 Å². The first-order chi connectivity index (χ1) is 17.3. The second kappa shape index (κ2) is 8.89. The van der Waals surface area contributed by atoms with Crippen molar-refractivity contribution in [3.63, 3.8) is 0 Å². The Morgan fingerprint density at radius 2 is 1.58 bits per heavy atom. The predicted octanol–water partition coefficient (Wildman–Crippen LogP) is 4.82. The largest absolute Gasteiger partial charge is 0.463 e. The fraction of sp³-hybridized carbons (Fsp3) is 0.517. The van der Waals surface area contributed by atoms with Gasteiger partial charge in [-0.2, -0.15) is 0 Å². The fourth-order valence-corrected chi connectivity index (χ4v) is 6.29. The summed E-state index contributed by atoms with van der Waals surface area (Å²) in [5.41, 5.74) is 3.89. The van der Waals surface area contributed by atoms with E-state index in [0.717, 1.165) is 79.9 Å². The summed E-state index contributed by atoms with van der Waals surface area (Å²) in [5, 5.41) is 8.86. The van der Waals surface area contributed by atoms with Gasteiger partial charge in [0.15, 0.2) is 11.5 Å². The summed E-state index contributed by atoms with van der Waals surface area (Å²) in [6, 6.07) is 3.53. The Balaban J connectivity index is 1.61. The molecule has 0 bridgehead atoms. The molecule has 1 aromatic heterocycles. The molecule has 3 heterocycles. The highest BCUT2D eigenvalue weighted by atomic mass is 16.6. The molecule has 0 amide bonds. The molecule has 2 aromatic carbocycles. The molecule has 0 spiro atoms. The molecule has 2 atom stereocenters. The second-order valence-electron chi connectivity index (χ2n) is 11.2.